The van der Waals surface area contributed by atoms with Crippen molar-refractivity contribution in [3.05, 3.63) is 35.4 Å². The lowest BCUT2D eigenvalue weighted by Gasteiger charge is -2.17. The maximum Gasteiger partial charge on any atom is 0.338 e. The summed E-state index contributed by atoms with van der Waals surface area (Å²) in [4.78, 5) is 23.8. The van der Waals surface area contributed by atoms with Gasteiger partial charge in [-0.3, -0.25) is 0 Å². The van der Waals surface area contributed by atoms with Crippen molar-refractivity contribution in [2.45, 2.75) is 40.5 Å². The van der Waals surface area contributed by atoms with E-state index in [-0.39, 0.29) is 5.41 Å². The van der Waals surface area contributed by atoms with Crippen LogP contribution in [0.25, 0.3) is 0 Å². The van der Waals surface area contributed by atoms with Crippen LogP contribution < -0.4 is 0 Å². The minimum absolute atomic E-state index is 0.0909. The van der Waals surface area contributed by atoms with E-state index in [2.05, 4.69) is 0 Å². The van der Waals surface area contributed by atoms with Crippen molar-refractivity contribution in [2.75, 3.05) is 13.2 Å². The van der Waals surface area contributed by atoms with E-state index in [1.165, 1.54) is 6.07 Å². The topological polar surface area (TPSA) is 52.6 Å². The fourth-order valence-electron chi connectivity index (χ4n) is 1.53. The second kappa shape index (κ2) is 7.81. The Bertz CT molecular complexity index is 486. The Balaban J connectivity index is 2.67. The van der Waals surface area contributed by atoms with E-state index in [9.17, 15) is 9.59 Å². The number of hydrogen-bond acceptors (Lipinski definition) is 4. The van der Waals surface area contributed by atoms with Gasteiger partial charge in [0, 0.05) is 0 Å². The number of unbranched alkanes of at least 4 members (excludes halogenated alkanes) is 1. The van der Waals surface area contributed by atoms with Gasteiger partial charge in [-0.2, -0.15) is 0 Å². The molecule has 0 N–H and O–H groups in total. The fourth-order valence-corrected chi connectivity index (χ4v) is 1.53. The highest BCUT2D eigenvalue weighted by Gasteiger charge is 2.16. The first-order valence-corrected chi connectivity index (χ1v) is 7.28. The van der Waals surface area contributed by atoms with Gasteiger partial charge in [-0.15, -0.1) is 0 Å². The molecule has 4 nitrogen and oxygen atoms in total. The van der Waals surface area contributed by atoms with Gasteiger partial charge in [0.2, 0.25) is 0 Å². The van der Waals surface area contributed by atoms with Crippen LogP contribution in [0.1, 0.15) is 61.3 Å². The van der Waals surface area contributed by atoms with E-state index in [0.717, 1.165) is 12.8 Å². The number of rotatable bonds is 6. The predicted octanol–water partition coefficient (Wildman–Crippen LogP) is 3.85. The van der Waals surface area contributed by atoms with Gasteiger partial charge in [-0.25, -0.2) is 9.59 Å². The van der Waals surface area contributed by atoms with Crippen molar-refractivity contribution in [1.29, 1.82) is 0 Å². The average molecular weight is 292 g/mol. The second-order valence-electron chi connectivity index (χ2n) is 6.21. The van der Waals surface area contributed by atoms with E-state index in [1.54, 1.807) is 18.2 Å². The fraction of sp³-hybridized carbons (Fsp3) is 0.529. The summed E-state index contributed by atoms with van der Waals surface area (Å²) in [5.74, 6) is -0.831. The Morgan fingerprint density at radius 2 is 1.62 bits per heavy atom. The largest absolute Gasteiger partial charge is 0.462 e. The Kier molecular flexibility index (Phi) is 6.40. The van der Waals surface area contributed by atoms with Crippen molar-refractivity contribution < 1.29 is 19.1 Å². The molecule has 1 aromatic carbocycles. The molecule has 4 heteroatoms. The summed E-state index contributed by atoms with van der Waals surface area (Å²) >= 11 is 0. The Morgan fingerprint density at radius 1 is 1.05 bits per heavy atom. The zero-order chi connectivity index (χ0) is 15.9. The normalized spacial score (nSPS) is 11.0. The third-order valence-electron chi connectivity index (χ3n) is 2.70. The Morgan fingerprint density at radius 3 is 2.14 bits per heavy atom. The standard InChI is InChI=1S/C17H24O4/c1-5-6-10-20-15(18)13-8-7-9-14(11-13)16(19)21-12-17(2,3)4/h7-9,11H,5-6,10,12H2,1-4H3. The summed E-state index contributed by atoms with van der Waals surface area (Å²) in [5, 5.41) is 0. The van der Waals surface area contributed by atoms with Gasteiger partial charge in [0.25, 0.3) is 0 Å². The number of ether oxygens (including phenoxy) is 2. The zero-order valence-electron chi connectivity index (χ0n) is 13.3. The van der Waals surface area contributed by atoms with Gasteiger partial charge in [-0.05, 0) is 30.0 Å². The van der Waals surface area contributed by atoms with Crippen LogP contribution >= 0.6 is 0 Å². The summed E-state index contributed by atoms with van der Waals surface area (Å²) in [5.41, 5.74) is 0.646. The maximum absolute atomic E-state index is 12.0. The number of hydrogen-bond donors (Lipinski definition) is 0. The minimum Gasteiger partial charge on any atom is -0.462 e. The molecular formula is C17H24O4. The first kappa shape index (κ1) is 17.2. The summed E-state index contributed by atoms with van der Waals surface area (Å²) in [6.45, 7) is 8.72. The maximum atomic E-state index is 12.0. The van der Waals surface area contributed by atoms with Crippen LogP contribution in [0.15, 0.2) is 24.3 Å². The third-order valence-corrected chi connectivity index (χ3v) is 2.70. The molecule has 0 saturated carbocycles. The zero-order valence-corrected chi connectivity index (χ0v) is 13.3. The highest BCUT2D eigenvalue weighted by Crippen LogP contribution is 2.15. The highest BCUT2D eigenvalue weighted by molar-refractivity contribution is 5.95. The molecule has 0 atom stereocenters. The lowest BCUT2D eigenvalue weighted by atomic mass is 9.99. The van der Waals surface area contributed by atoms with Crippen molar-refractivity contribution >= 4 is 11.9 Å². The average Bonchev–Trinajstić information content (AvgIpc) is 2.44. The van der Waals surface area contributed by atoms with Gasteiger partial charge < -0.3 is 9.47 Å². The molecule has 0 bridgehead atoms. The van der Waals surface area contributed by atoms with Crippen LogP contribution in [0.3, 0.4) is 0 Å². The molecule has 0 saturated heterocycles. The molecule has 0 amide bonds. The van der Waals surface area contributed by atoms with Gasteiger partial charge in [0.05, 0.1) is 24.3 Å². The van der Waals surface area contributed by atoms with Gasteiger partial charge in [-0.1, -0.05) is 40.2 Å². The number of benzene rings is 1. The summed E-state index contributed by atoms with van der Waals surface area (Å²) in [6.07, 6.45) is 1.80. The molecule has 0 fully saturated rings. The van der Waals surface area contributed by atoms with Crippen LogP contribution in [-0.4, -0.2) is 25.2 Å². The first-order valence-electron chi connectivity index (χ1n) is 7.28. The van der Waals surface area contributed by atoms with Gasteiger partial charge in [0.15, 0.2) is 0 Å². The Hall–Kier alpha value is -1.84. The van der Waals surface area contributed by atoms with Crippen LogP contribution in [0.2, 0.25) is 0 Å². The molecule has 0 aliphatic carbocycles. The predicted molar refractivity (Wildman–Crippen MR) is 81.4 cm³/mol. The van der Waals surface area contributed by atoms with E-state index in [1.807, 2.05) is 27.7 Å². The molecule has 0 heterocycles. The molecule has 116 valence electrons. The van der Waals surface area contributed by atoms with Gasteiger partial charge >= 0.3 is 11.9 Å². The SMILES string of the molecule is CCCCOC(=O)c1cccc(C(=O)OCC(C)(C)C)c1. The summed E-state index contributed by atoms with van der Waals surface area (Å²) in [6, 6.07) is 6.44. The monoisotopic (exact) mass is 292 g/mol. The minimum atomic E-state index is -0.423. The Labute approximate surface area is 126 Å². The lowest BCUT2D eigenvalue weighted by Crippen LogP contribution is -2.18. The second-order valence-corrected chi connectivity index (χ2v) is 6.21. The third kappa shape index (κ3) is 6.43. The molecule has 0 radical (unpaired) electrons. The molecule has 0 aliphatic rings. The quantitative estimate of drug-likeness (QED) is 0.590. The molecule has 0 unspecified atom stereocenters. The number of carbonyl (C=O) groups is 2. The van der Waals surface area contributed by atoms with Crippen molar-refractivity contribution in [2.24, 2.45) is 5.41 Å². The number of esters is 2. The van der Waals surface area contributed by atoms with Crippen molar-refractivity contribution in [1.82, 2.24) is 0 Å². The number of carbonyl (C=O) groups excluding carboxylic acids is 2. The molecule has 21 heavy (non-hydrogen) atoms. The van der Waals surface area contributed by atoms with Crippen LogP contribution in [0.5, 0.6) is 0 Å². The summed E-state index contributed by atoms with van der Waals surface area (Å²) < 4.78 is 10.4. The highest BCUT2D eigenvalue weighted by atomic mass is 16.5. The molecule has 0 aromatic heterocycles. The molecular weight excluding hydrogens is 268 g/mol. The molecule has 0 aliphatic heterocycles. The van der Waals surface area contributed by atoms with Crippen LogP contribution in [0.4, 0.5) is 0 Å². The first-order chi connectivity index (χ1) is 9.83. The molecule has 0 spiro atoms. The van der Waals surface area contributed by atoms with Crippen LogP contribution in [0, 0.1) is 5.41 Å². The molecule has 1 aromatic rings. The van der Waals surface area contributed by atoms with E-state index >= 15 is 0 Å². The smallest absolute Gasteiger partial charge is 0.338 e. The van der Waals surface area contributed by atoms with E-state index in [0.29, 0.717) is 24.3 Å². The van der Waals surface area contributed by atoms with Crippen molar-refractivity contribution in [3.8, 4) is 0 Å². The van der Waals surface area contributed by atoms with E-state index < -0.39 is 11.9 Å². The molecule has 1 rings (SSSR count). The van der Waals surface area contributed by atoms with E-state index in [4.69, 9.17) is 9.47 Å². The van der Waals surface area contributed by atoms with Crippen molar-refractivity contribution in [3.63, 3.8) is 0 Å². The summed E-state index contributed by atoms with van der Waals surface area (Å²) in [7, 11) is 0. The van der Waals surface area contributed by atoms with Gasteiger partial charge in [0.1, 0.15) is 0 Å². The van der Waals surface area contributed by atoms with Crippen LogP contribution in [-0.2, 0) is 9.47 Å². The lowest BCUT2D eigenvalue weighted by molar-refractivity contribution is 0.0367.